The summed E-state index contributed by atoms with van der Waals surface area (Å²) in [5.41, 5.74) is 2.41. The highest BCUT2D eigenvalue weighted by molar-refractivity contribution is 7.11. The Balaban J connectivity index is 1.45. The highest BCUT2D eigenvalue weighted by atomic mass is 32.1. The number of rotatable bonds is 7. The second-order valence-corrected chi connectivity index (χ2v) is 8.75. The van der Waals surface area contributed by atoms with Crippen LogP contribution in [0.2, 0.25) is 0 Å². The summed E-state index contributed by atoms with van der Waals surface area (Å²) in [7, 11) is 0. The van der Waals surface area contributed by atoms with E-state index in [1.807, 2.05) is 60.5 Å². The van der Waals surface area contributed by atoms with Gasteiger partial charge in [-0.3, -0.25) is 4.79 Å². The normalized spacial score (nSPS) is 12.4. The van der Waals surface area contributed by atoms with Crippen molar-refractivity contribution in [2.45, 2.75) is 32.9 Å². The lowest BCUT2D eigenvalue weighted by atomic mass is 9.92. The van der Waals surface area contributed by atoms with E-state index in [4.69, 9.17) is 4.74 Å². The third kappa shape index (κ3) is 4.46. The smallest absolute Gasteiger partial charge is 0.316 e. The number of hydrogen-bond acceptors (Lipinski definition) is 3. The van der Waals surface area contributed by atoms with Gasteiger partial charge in [-0.2, -0.15) is 0 Å². The Labute approximate surface area is 179 Å². The van der Waals surface area contributed by atoms with E-state index in [-0.39, 0.29) is 30.4 Å². The molecule has 5 heteroatoms. The van der Waals surface area contributed by atoms with Crippen molar-refractivity contribution in [1.82, 2.24) is 4.57 Å². The summed E-state index contributed by atoms with van der Waals surface area (Å²) in [6, 6.07) is 17.0. The van der Waals surface area contributed by atoms with Crippen LogP contribution in [0.15, 0.2) is 72.4 Å². The first-order valence-electron chi connectivity index (χ1n) is 10.0. The molecule has 2 aromatic carbocycles. The Morgan fingerprint density at radius 1 is 1.10 bits per heavy atom. The molecule has 4 aromatic rings. The minimum absolute atomic E-state index is 0.0720. The first-order chi connectivity index (χ1) is 14.5. The van der Waals surface area contributed by atoms with Crippen LogP contribution in [0.25, 0.3) is 10.8 Å². The van der Waals surface area contributed by atoms with E-state index in [2.05, 4.69) is 12.1 Å². The van der Waals surface area contributed by atoms with Gasteiger partial charge < -0.3 is 9.30 Å². The lowest BCUT2D eigenvalue weighted by molar-refractivity contribution is -0.150. The number of aromatic nitrogens is 1. The quantitative estimate of drug-likeness (QED) is 0.325. The molecule has 0 bridgehead atoms. The molecule has 0 amide bonds. The standard InChI is InChI=1S/C25H24FNO2S/c1-17(2)23(24-22-9-8-21(26)13-20(22)15-30-24)25(28)29-16-27-11-10-19(14-27)12-18-6-4-3-5-7-18/h3-11,13-15,17,23H,12,16H2,1-2H3. The maximum absolute atomic E-state index is 13.5. The number of thiophene rings is 1. The number of hydrogen-bond donors (Lipinski definition) is 0. The number of carbonyl (C=O) groups is 1. The van der Waals surface area contributed by atoms with Gasteiger partial charge in [0.1, 0.15) is 5.82 Å². The predicted molar refractivity (Wildman–Crippen MR) is 119 cm³/mol. The second kappa shape index (κ2) is 8.84. The molecule has 1 atom stereocenters. The number of halogens is 1. The fraction of sp³-hybridized carbons (Fsp3) is 0.240. The number of esters is 1. The average Bonchev–Trinajstić information content (AvgIpc) is 3.34. The van der Waals surface area contributed by atoms with E-state index in [9.17, 15) is 9.18 Å². The van der Waals surface area contributed by atoms with Crippen LogP contribution in [0, 0.1) is 11.7 Å². The van der Waals surface area contributed by atoms with Gasteiger partial charge in [0.2, 0.25) is 0 Å². The van der Waals surface area contributed by atoms with E-state index >= 15 is 0 Å². The highest BCUT2D eigenvalue weighted by Gasteiger charge is 2.29. The molecular formula is C25H24FNO2S. The van der Waals surface area contributed by atoms with Crippen molar-refractivity contribution in [3.8, 4) is 0 Å². The van der Waals surface area contributed by atoms with Gasteiger partial charge in [-0.25, -0.2) is 4.39 Å². The molecule has 3 nitrogen and oxygen atoms in total. The first-order valence-corrected chi connectivity index (χ1v) is 10.9. The number of ether oxygens (including phenoxy) is 1. The summed E-state index contributed by atoms with van der Waals surface area (Å²) in [6.45, 7) is 4.19. The van der Waals surface area contributed by atoms with Crippen molar-refractivity contribution < 1.29 is 13.9 Å². The SMILES string of the molecule is CC(C)C(C(=O)OCn1ccc(Cc2ccccc2)c1)c1scc2cc(F)ccc12. The number of nitrogens with zero attached hydrogens (tertiary/aromatic N) is 1. The molecule has 154 valence electrons. The molecule has 2 aromatic heterocycles. The Bertz CT molecular complexity index is 1150. The molecule has 0 saturated carbocycles. The van der Waals surface area contributed by atoms with Crippen LogP contribution in [-0.4, -0.2) is 10.5 Å². The molecule has 4 rings (SSSR count). The number of carbonyl (C=O) groups excluding carboxylic acids is 1. The predicted octanol–water partition coefficient (Wildman–Crippen LogP) is 6.37. The molecule has 1 unspecified atom stereocenters. The van der Waals surface area contributed by atoms with Gasteiger partial charge in [-0.15, -0.1) is 11.3 Å². The minimum atomic E-state index is -0.377. The van der Waals surface area contributed by atoms with E-state index in [0.29, 0.717) is 0 Å². The van der Waals surface area contributed by atoms with Crippen LogP contribution in [0.3, 0.4) is 0 Å². The third-order valence-electron chi connectivity index (χ3n) is 5.21. The molecular weight excluding hydrogens is 397 g/mol. The van der Waals surface area contributed by atoms with Crippen LogP contribution in [0.1, 0.15) is 35.8 Å². The van der Waals surface area contributed by atoms with Crippen molar-refractivity contribution in [3.05, 3.63) is 94.2 Å². The van der Waals surface area contributed by atoms with Crippen LogP contribution in [-0.2, 0) is 22.7 Å². The summed E-state index contributed by atoms with van der Waals surface area (Å²) in [6.07, 6.45) is 4.78. The number of fused-ring (bicyclic) bond motifs is 1. The number of benzene rings is 2. The van der Waals surface area contributed by atoms with Gasteiger partial charge in [-0.1, -0.05) is 50.2 Å². The fourth-order valence-electron chi connectivity index (χ4n) is 3.70. The third-order valence-corrected chi connectivity index (χ3v) is 6.31. The molecule has 0 radical (unpaired) electrons. The van der Waals surface area contributed by atoms with Gasteiger partial charge in [0.25, 0.3) is 0 Å². The van der Waals surface area contributed by atoms with E-state index in [0.717, 1.165) is 22.1 Å². The van der Waals surface area contributed by atoms with Gasteiger partial charge in [-0.05, 0) is 57.8 Å². The monoisotopic (exact) mass is 421 g/mol. The van der Waals surface area contributed by atoms with Gasteiger partial charge in [0.15, 0.2) is 6.73 Å². The molecule has 30 heavy (non-hydrogen) atoms. The highest BCUT2D eigenvalue weighted by Crippen LogP contribution is 2.37. The molecule has 0 aliphatic carbocycles. The van der Waals surface area contributed by atoms with Crippen LogP contribution in [0.5, 0.6) is 0 Å². The maximum atomic E-state index is 13.5. The minimum Gasteiger partial charge on any atom is -0.443 e. The molecule has 0 N–H and O–H groups in total. The molecule has 0 fully saturated rings. The van der Waals surface area contributed by atoms with Gasteiger partial charge >= 0.3 is 5.97 Å². The molecule has 0 aliphatic rings. The largest absolute Gasteiger partial charge is 0.443 e. The Morgan fingerprint density at radius 2 is 1.90 bits per heavy atom. The van der Waals surface area contributed by atoms with Crippen LogP contribution >= 0.6 is 11.3 Å². The van der Waals surface area contributed by atoms with Crippen molar-refractivity contribution in [3.63, 3.8) is 0 Å². The summed E-state index contributed by atoms with van der Waals surface area (Å²) < 4.78 is 21.1. The summed E-state index contributed by atoms with van der Waals surface area (Å²) >= 11 is 1.49. The zero-order chi connectivity index (χ0) is 21.1. The van der Waals surface area contributed by atoms with Gasteiger partial charge in [0, 0.05) is 17.3 Å². The van der Waals surface area contributed by atoms with Crippen molar-refractivity contribution in [2.75, 3.05) is 0 Å². The molecule has 0 saturated heterocycles. The van der Waals surface area contributed by atoms with E-state index < -0.39 is 0 Å². The topological polar surface area (TPSA) is 31.2 Å². The lowest BCUT2D eigenvalue weighted by Crippen LogP contribution is -2.21. The van der Waals surface area contributed by atoms with Gasteiger partial charge in [0.05, 0.1) is 5.92 Å². The summed E-state index contributed by atoms with van der Waals surface area (Å²) in [5, 5.41) is 3.64. The second-order valence-electron chi connectivity index (χ2n) is 7.84. The molecule has 0 spiro atoms. The summed E-state index contributed by atoms with van der Waals surface area (Å²) in [4.78, 5) is 13.9. The zero-order valence-corrected chi connectivity index (χ0v) is 17.9. The van der Waals surface area contributed by atoms with Crippen LogP contribution in [0.4, 0.5) is 4.39 Å². The Kier molecular flexibility index (Phi) is 6.00. The fourth-order valence-corrected chi connectivity index (χ4v) is 4.98. The van der Waals surface area contributed by atoms with E-state index in [1.165, 1.54) is 34.6 Å². The van der Waals surface area contributed by atoms with Crippen molar-refractivity contribution in [1.29, 1.82) is 0 Å². The maximum Gasteiger partial charge on any atom is 0.316 e. The van der Waals surface area contributed by atoms with Crippen LogP contribution < -0.4 is 0 Å². The molecule has 0 aliphatic heterocycles. The van der Waals surface area contributed by atoms with Crippen molar-refractivity contribution in [2.24, 2.45) is 5.92 Å². The molecule has 2 heterocycles. The Hall–Kier alpha value is -2.92. The van der Waals surface area contributed by atoms with Crippen molar-refractivity contribution >= 4 is 28.1 Å². The Morgan fingerprint density at radius 3 is 2.67 bits per heavy atom. The first kappa shape index (κ1) is 20.4. The summed E-state index contributed by atoms with van der Waals surface area (Å²) in [5.74, 6) is -0.828. The average molecular weight is 422 g/mol. The van der Waals surface area contributed by atoms with E-state index in [1.54, 1.807) is 6.07 Å². The zero-order valence-electron chi connectivity index (χ0n) is 17.0. The lowest BCUT2D eigenvalue weighted by Gasteiger charge is -2.19.